The minimum Gasteiger partial charge on any atom is -0.443 e. The van der Waals surface area contributed by atoms with Gasteiger partial charge >= 0.3 is 0 Å². The molecule has 3 N–H and O–H groups in total. The zero-order valence-electron chi connectivity index (χ0n) is 11.2. The van der Waals surface area contributed by atoms with Crippen molar-refractivity contribution in [2.75, 3.05) is 0 Å². The van der Waals surface area contributed by atoms with Gasteiger partial charge in [0.1, 0.15) is 12.3 Å². The highest BCUT2D eigenvalue weighted by atomic mass is 16.4. The minimum absolute atomic E-state index is 0.0311. The van der Waals surface area contributed by atoms with E-state index in [-0.39, 0.29) is 11.5 Å². The summed E-state index contributed by atoms with van der Waals surface area (Å²) in [5, 5.41) is 3.01. The predicted molar refractivity (Wildman–Crippen MR) is 68.8 cm³/mol. The van der Waals surface area contributed by atoms with Crippen molar-refractivity contribution in [1.82, 2.24) is 10.3 Å². The second kappa shape index (κ2) is 5.21. The van der Waals surface area contributed by atoms with E-state index in [1.807, 2.05) is 13.8 Å². The van der Waals surface area contributed by atoms with Crippen LogP contribution in [-0.2, 0) is 12.0 Å². The van der Waals surface area contributed by atoms with Crippen molar-refractivity contribution in [2.45, 2.75) is 52.6 Å². The number of aliphatic imine (C=N–C) groups is 1. The lowest BCUT2D eigenvalue weighted by atomic mass is 9.94. The fourth-order valence-corrected chi connectivity index (χ4v) is 1.22. The molecule has 0 amide bonds. The van der Waals surface area contributed by atoms with E-state index >= 15 is 0 Å². The zero-order valence-corrected chi connectivity index (χ0v) is 11.2. The number of aromatic nitrogens is 1. The molecule has 1 rings (SSSR count). The van der Waals surface area contributed by atoms with Gasteiger partial charge in [-0.2, -0.15) is 0 Å². The quantitative estimate of drug-likeness (QED) is 0.621. The van der Waals surface area contributed by atoms with Crippen LogP contribution in [-0.4, -0.2) is 17.0 Å². The van der Waals surface area contributed by atoms with Crippen molar-refractivity contribution >= 4 is 5.96 Å². The van der Waals surface area contributed by atoms with E-state index in [1.165, 1.54) is 0 Å². The normalized spacial score (nSPS) is 13.2. The van der Waals surface area contributed by atoms with Gasteiger partial charge in [0.15, 0.2) is 5.96 Å². The van der Waals surface area contributed by atoms with Gasteiger partial charge in [0.05, 0.1) is 6.20 Å². The molecule has 0 radical (unpaired) electrons. The molecule has 1 aromatic rings. The van der Waals surface area contributed by atoms with Crippen LogP contribution in [0.3, 0.4) is 0 Å². The van der Waals surface area contributed by atoms with E-state index in [2.05, 4.69) is 36.1 Å². The summed E-state index contributed by atoms with van der Waals surface area (Å²) >= 11 is 0. The number of hydrogen-bond acceptors (Lipinski definition) is 3. The molecule has 0 bridgehead atoms. The molecule has 0 fully saturated rings. The van der Waals surface area contributed by atoms with Gasteiger partial charge in [-0.1, -0.05) is 20.8 Å². The van der Waals surface area contributed by atoms with Crippen molar-refractivity contribution in [2.24, 2.45) is 10.7 Å². The molecule has 1 heterocycles. The van der Waals surface area contributed by atoms with Gasteiger partial charge < -0.3 is 15.5 Å². The Balaban J connectivity index is 2.61. The smallest absolute Gasteiger partial charge is 0.216 e. The fraction of sp³-hybridized carbons (Fsp3) is 0.667. The highest BCUT2D eigenvalue weighted by Gasteiger charge is 2.18. The molecule has 0 spiro atoms. The largest absolute Gasteiger partial charge is 0.443 e. The van der Waals surface area contributed by atoms with Gasteiger partial charge in [-0.05, 0) is 13.8 Å². The lowest BCUT2D eigenvalue weighted by Gasteiger charge is -2.13. The Bertz CT molecular complexity index is 387. The van der Waals surface area contributed by atoms with Crippen LogP contribution < -0.4 is 11.1 Å². The maximum atomic E-state index is 5.68. The Hall–Kier alpha value is -1.52. The molecule has 0 aromatic carbocycles. The fourth-order valence-electron chi connectivity index (χ4n) is 1.22. The van der Waals surface area contributed by atoms with E-state index in [9.17, 15) is 0 Å². The second-order valence-electron chi connectivity index (χ2n) is 5.37. The third kappa shape index (κ3) is 4.46. The van der Waals surface area contributed by atoms with Crippen LogP contribution in [0.2, 0.25) is 0 Å². The number of nitrogens with two attached hydrogens (primary N) is 1. The monoisotopic (exact) mass is 238 g/mol. The first-order valence-corrected chi connectivity index (χ1v) is 5.80. The van der Waals surface area contributed by atoms with Crippen molar-refractivity contribution in [3.05, 3.63) is 17.8 Å². The van der Waals surface area contributed by atoms with Gasteiger partial charge in [-0.15, -0.1) is 0 Å². The van der Waals surface area contributed by atoms with E-state index in [0.29, 0.717) is 18.4 Å². The molecule has 0 aliphatic heterocycles. The zero-order chi connectivity index (χ0) is 13.1. The molecule has 1 aromatic heterocycles. The number of hydrogen-bond donors (Lipinski definition) is 2. The van der Waals surface area contributed by atoms with Gasteiger partial charge in [0.25, 0.3) is 0 Å². The average Bonchev–Trinajstić information content (AvgIpc) is 2.61. The number of rotatable bonds is 3. The number of nitrogens with zero attached hydrogens (tertiary/aromatic N) is 2. The Kier molecular flexibility index (Phi) is 4.15. The van der Waals surface area contributed by atoms with Gasteiger partial charge in [-0.25, -0.2) is 9.98 Å². The molecule has 0 aliphatic rings. The SMILES string of the molecule is CC(C)NC(N)=NCc1ncc(C(C)(C)C)o1. The van der Waals surface area contributed by atoms with E-state index in [4.69, 9.17) is 10.2 Å². The first-order chi connectivity index (χ1) is 7.79. The maximum Gasteiger partial charge on any atom is 0.216 e. The molecule has 0 atom stereocenters. The van der Waals surface area contributed by atoms with Crippen molar-refractivity contribution in [3.63, 3.8) is 0 Å². The van der Waals surface area contributed by atoms with Crippen LogP contribution in [0.15, 0.2) is 15.6 Å². The summed E-state index contributed by atoms with van der Waals surface area (Å²) in [7, 11) is 0. The maximum absolute atomic E-state index is 5.68. The third-order valence-electron chi connectivity index (χ3n) is 2.11. The molecule has 0 saturated heterocycles. The second-order valence-corrected chi connectivity index (χ2v) is 5.37. The molecule has 17 heavy (non-hydrogen) atoms. The van der Waals surface area contributed by atoms with Crippen LogP contribution >= 0.6 is 0 Å². The first-order valence-electron chi connectivity index (χ1n) is 5.80. The molecule has 96 valence electrons. The Morgan fingerprint density at radius 1 is 1.53 bits per heavy atom. The molecule has 5 nitrogen and oxygen atoms in total. The molecular weight excluding hydrogens is 216 g/mol. The number of nitrogens with one attached hydrogen (secondary N) is 1. The predicted octanol–water partition coefficient (Wildman–Crippen LogP) is 1.78. The first kappa shape index (κ1) is 13.5. The summed E-state index contributed by atoms with van der Waals surface area (Å²) in [6.45, 7) is 10.6. The van der Waals surface area contributed by atoms with Crippen LogP contribution in [0, 0.1) is 0 Å². The highest BCUT2D eigenvalue weighted by Crippen LogP contribution is 2.22. The van der Waals surface area contributed by atoms with Crippen LogP contribution in [0.5, 0.6) is 0 Å². The third-order valence-corrected chi connectivity index (χ3v) is 2.11. The van der Waals surface area contributed by atoms with Crippen LogP contribution in [0.25, 0.3) is 0 Å². The Morgan fingerprint density at radius 2 is 2.18 bits per heavy atom. The lowest BCUT2D eigenvalue weighted by Crippen LogP contribution is -2.36. The van der Waals surface area contributed by atoms with E-state index in [0.717, 1.165) is 5.76 Å². The molecule has 0 saturated carbocycles. The standard InChI is InChI=1S/C12H22N4O/c1-8(2)16-11(13)15-7-10-14-6-9(17-10)12(3,4)5/h6,8H,7H2,1-5H3,(H3,13,15,16). The summed E-state index contributed by atoms with van der Waals surface area (Å²) in [5.74, 6) is 1.86. The summed E-state index contributed by atoms with van der Waals surface area (Å²) < 4.78 is 5.60. The van der Waals surface area contributed by atoms with Crippen LogP contribution in [0.4, 0.5) is 0 Å². The lowest BCUT2D eigenvalue weighted by molar-refractivity contribution is 0.383. The van der Waals surface area contributed by atoms with Crippen molar-refractivity contribution < 1.29 is 4.42 Å². The number of guanidine groups is 1. The Morgan fingerprint density at radius 3 is 2.65 bits per heavy atom. The number of oxazole rings is 1. The molecule has 0 aliphatic carbocycles. The molecular formula is C12H22N4O. The summed E-state index contributed by atoms with van der Waals surface area (Å²) in [5.41, 5.74) is 5.65. The summed E-state index contributed by atoms with van der Waals surface area (Å²) in [6, 6.07) is 0.272. The average molecular weight is 238 g/mol. The topological polar surface area (TPSA) is 76.4 Å². The minimum atomic E-state index is -0.0311. The molecule has 5 heteroatoms. The van der Waals surface area contributed by atoms with E-state index in [1.54, 1.807) is 6.20 Å². The van der Waals surface area contributed by atoms with Crippen molar-refractivity contribution in [1.29, 1.82) is 0 Å². The van der Waals surface area contributed by atoms with Gasteiger partial charge in [0.2, 0.25) is 5.89 Å². The molecule has 0 unspecified atom stereocenters. The Labute approximate surface area is 103 Å². The summed E-state index contributed by atoms with van der Waals surface area (Å²) in [4.78, 5) is 8.33. The van der Waals surface area contributed by atoms with Gasteiger partial charge in [-0.3, -0.25) is 0 Å². The van der Waals surface area contributed by atoms with Crippen molar-refractivity contribution in [3.8, 4) is 0 Å². The van der Waals surface area contributed by atoms with Gasteiger partial charge in [0, 0.05) is 11.5 Å². The summed E-state index contributed by atoms with van der Waals surface area (Å²) in [6.07, 6.45) is 1.75. The highest BCUT2D eigenvalue weighted by molar-refractivity contribution is 5.77. The van der Waals surface area contributed by atoms with Crippen LogP contribution in [0.1, 0.15) is 46.3 Å². The van der Waals surface area contributed by atoms with E-state index < -0.39 is 0 Å².